The standard InChI is InChI=1S/C27H25NO4.C14H13I.C13H13NO4/c1-31-26(29)23(24-18-28(27(30)32-2)25-14-7-6-13-22(24)25)16-15-19-9-8-12-21(17-19)20-10-4-3-5-11-20;15-10-9-12-5-4-8-14(11-12)13-6-2-1-3-7-13;1-17-12(15)7-9-8-14(13(16)18-2)11-6-4-3-5-10(9)11/h3-14,17-18,23H,15-16H2,1-2H3;1-8,11H,9-10H2;3-6,8H,7H2,1-2H3. The molecule has 0 aliphatic rings. The van der Waals surface area contributed by atoms with E-state index < -0.39 is 18.1 Å². The average Bonchev–Trinajstić information content (AvgIpc) is 3.93. The number of alkyl halides is 1. The maximum absolute atomic E-state index is 12.8. The first-order valence-electron chi connectivity index (χ1n) is 21.0. The number of ether oxygens (including phenoxy) is 4. The molecular weight excluding hydrogens is 932 g/mol. The Morgan fingerprint density at radius 2 is 0.985 bits per heavy atom. The fraction of sp³-hybridized carbons (Fsp3) is 0.185. The molecule has 0 radical (unpaired) electrons. The molecule has 10 nitrogen and oxygen atoms in total. The predicted molar refractivity (Wildman–Crippen MR) is 265 cm³/mol. The van der Waals surface area contributed by atoms with Crippen LogP contribution in [0.1, 0.15) is 34.6 Å². The number of fused-ring (bicyclic) bond motifs is 2. The molecule has 1 unspecified atom stereocenters. The van der Waals surface area contributed by atoms with Gasteiger partial charge in [0.2, 0.25) is 0 Å². The predicted octanol–water partition coefficient (Wildman–Crippen LogP) is 12.1. The first-order chi connectivity index (χ1) is 31.7. The maximum Gasteiger partial charge on any atom is 0.418 e. The number of aryl methyl sites for hydroxylation is 2. The number of rotatable bonds is 11. The van der Waals surface area contributed by atoms with Gasteiger partial charge in [-0.05, 0) is 75.9 Å². The number of methoxy groups -OCH3 is 4. The molecule has 2 heterocycles. The second-order valence-corrected chi connectivity index (χ2v) is 16.0. The summed E-state index contributed by atoms with van der Waals surface area (Å²) in [5.74, 6) is -1.17. The Labute approximate surface area is 392 Å². The summed E-state index contributed by atoms with van der Waals surface area (Å²) in [7, 11) is 5.39. The molecule has 332 valence electrons. The lowest BCUT2D eigenvalue weighted by atomic mass is 9.91. The van der Waals surface area contributed by atoms with E-state index in [9.17, 15) is 19.2 Å². The van der Waals surface area contributed by atoms with E-state index in [1.165, 1.54) is 58.7 Å². The molecule has 0 amide bonds. The van der Waals surface area contributed by atoms with Crippen molar-refractivity contribution in [1.29, 1.82) is 0 Å². The van der Waals surface area contributed by atoms with Crippen molar-refractivity contribution in [2.24, 2.45) is 0 Å². The number of aromatic nitrogens is 2. The quantitative estimate of drug-likeness (QED) is 0.0545. The van der Waals surface area contributed by atoms with Crippen LogP contribution in [0.15, 0.2) is 170 Å². The van der Waals surface area contributed by atoms with E-state index in [-0.39, 0.29) is 18.4 Å². The van der Waals surface area contributed by atoms with E-state index in [0.29, 0.717) is 23.9 Å². The Morgan fingerprint density at radius 1 is 0.508 bits per heavy atom. The molecule has 0 saturated carbocycles. The van der Waals surface area contributed by atoms with Crippen LogP contribution in [0.3, 0.4) is 0 Å². The van der Waals surface area contributed by atoms with Gasteiger partial charge in [0.25, 0.3) is 0 Å². The van der Waals surface area contributed by atoms with Crippen LogP contribution in [0, 0.1) is 0 Å². The Hall–Kier alpha value is -6.99. The van der Waals surface area contributed by atoms with Crippen LogP contribution in [0.5, 0.6) is 0 Å². The Balaban J connectivity index is 0.000000178. The van der Waals surface area contributed by atoms with Gasteiger partial charge >= 0.3 is 24.1 Å². The number of carbonyl (C=O) groups is 4. The molecule has 0 N–H and O–H groups in total. The summed E-state index contributed by atoms with van der Waals surface area (Å²) < 4.78 is 23.4. The number of para-hydroxylation sites is 2. The molecule has 0 spiro atoms. The first kappa shape index (κ1) is 47.5. The van der Waals surface area contributed by atoms with Crippen LogP contribution in [0.4, 0.5) is 9.59 Å². The SMILES string of the molecule is COC(=O)C(CCc1cccc(-c2ccccc2)c1)c1cn(C(=O)OC)c2ccccc12.COC(=O)Cc1cn(C(=O)OC)c2ccccc12.ICCc1cccc(-c2ccccc2)c1. The van der Waals surface area contributed by atoms with Crippen LogP contribution < -0.4 is 0 Å². The normalized spacial score (nSPS) is 11.0. The van der Waals surface area contributed by atoms with Gasteiger partial charge in [-0.25, -0.2) is 9.59 Å². The largest absolute Gasteiger partial charge is 0.469 e. The molecule has 2 aromatic heterocycles. The number of halogens is 1. The zero-order valence-corrected chi connectivity index (χ0v) is 39.0. The highest BCUT2D eigenvalue weighted by atomic mass is 127. The maximum atomic E-state index is 12.8. The third-order valence-corrected chi connectivity index (χ3v) is 11.4. The van der Waals surface area contributed by atoms with Crippen LogP contribution in [0.2, 0.25) is 0 Å². The van der Waals surface area contributed by atoms with Crippen molar-refractivity contribution >= 4 is 68.5 Å². The third-order valence-electron chi connectivity index (χ3n) is 10.9. The van der Waals surface area contributed by atoms with Gasteiger partial charge < -0.3 is 18.9 Å². The third kappa shape index (κ3) is 12.2. The smallest absolute Gasteiger partial charge is 0.418 e. The zero-order chi connectivity index (χ0) is 46.1. The van der Waals surface area contributed by atoms with E-state index in [4.69, 9.17) is 14.2 Å². The van der Waals surface area contributed by atoms with E-state index in [1.807, 2.05) is 66.7 Å². The molecule has 6 aromatic carbocycles. The summed E-state index contributed by atoms with van der Waals surface area (Å²) in [5, 5.41) is 1.68. The van der Waals surface area contributed by atoms with Crippen molar-refractivity contribution < 1.29 is 38.1 Å². The average molecular weight is 983 g/mol. The highest BCUT2D eigenvalue weighted by Crippen LogP contribution is 2.33. The summed E-state index contributed by atoms with van der Waals surface area (Å²) in [4.78, 5) is 48.0. The van der Waals surface area contributed by atoms with Crippen molar-refractivity contribution in [2.45, 2.75) is 31.6 Å². The van der Waals surface area contributed by atoms with E-state index >= 15 is 0 Å². The van der Waals surface area contributed by atoms with Crippen molar-refractivity contribution in [2.75, 3.05) is 32.9 Å². The Morgan fingerprint density at radius 3 is 1.51 bits per heavy atom. The molecule has 0 aliphatic carbocycles. The van der Waals surface area contributed by atoms with Crippen molar-refractivity contribution in [3.63, 3.8) is 0 Å². The van der Waals surface area contributed by atoms with Crippen LogP contribution in [0.25, 0.3) is 44.1 Å². The minimum absolute atomic E-state index is 0.126. The van der Waals surface area contributed by atoms with Crippen molar-refractivity contribution in [3.8, 4) is 22.3 Å². The van der Waals surface area contributed by atoms with Gasteiger partial charge in [0, 0.05) is 27.6 Å². The second kappa shape index (κ2) is 23.6. The fourth-order valence-electron chi connectivity index (χ4n) is 7.64. The van der Waals surface area contributed by atoms with Gasteiger partial charge in [-0.2, -0.15) is 0 Å². The highest BCUT2D eigenvalue weighted by molar-refractivity contribution is 14.1. The second-order valence-electron chi connectivity index (χ2n) is 14.9. The molecule has 8 rings (SSSR count). The number of hydrogen-bond acceptors (Lipinski definition) is 8. The lowest BCUT2D eigenvalue weighted by Crippen LogP contribution is -2.15. The van der Waals surface area contributed by atoms with Gasteiger partial charge in [-0.1, -0.05) is 168 Å². The number of benzene rings is 6. The van der Waals surface area contributed by atoms with Crippen molar-refractivity contribution in [1.82, 2.24) is 9.13 Å². The van der Waals surface area contributed by atoms with Crippen LogP contribution >= 0.6 is 22.6 Å². The number of nitrogens with zero attached hydrogens (tertiary/aromatic N) is 2. The number of carbonyl (C=O) groups excluding carboxylic acids is 4. The monoisotopic (exact) mass is 982 g/mol. The molecule has 1 atom stereocenters. The van der Waals surface area contributed by atoms with Gasteiger partial charge in [0.05, 0.1) is 51.8 Å². The summed E-state index contributed by atoms with van der Waals surface area (Å²) in [6.07, 6.45) is 4.85. The van der Waals surface area contributed by atoms with Gasteiger partial charge in [-0.3, -0.25) is 18.7 Å². The molecule has 65 heavy (non-hydrogen) atoms. The van der Waals surface area contributed by atoms with E-state index in [2.05, 4.69) is 112 Å². The minimum atomic E-state index is -0.504. The topological polar surface area (TPSA) is 115 Å². The van der Waals surface area contributed by atoms with E-state index in [1.54, 1.807) is 18.5 Å². The lowest BCUT2D eigenvalue weighted by Gasteiger charge is -2.15. The fourth-order valence-corrected chi connectivity index (χ4v) is 8.26. The van der Waals surface area contributed by atoms with Gasteiger partial charge in [0.1, 0.15) is 0 Å². The van der Waals surface area contributed by atoms with Crippen molar-refractivity contribution in [3.05, 3.63) is 192 Å². The first-order valence-corrected chi connectivity index (χ1v) is 22.6. The van der Waals surface area contributed by atoms with Gasteiger partial charge in [-0.15, -0.1) is 0 Å². The highest BCUT2D eigenvalue weighted by Gasteiger charge is 2.27. The lowest BCUT2D eigenvalue weighted by molar-refractivity contribution is -0.142. The summed E-state index contributed by atoms with van der Waals surface area (Å²) in [5.41, 5.74) is 10.4. The molecule has 0 saturated heterocycles. The molecule has 8 aromatic rings. The molecule has 0 fully saturated rings. The Kier molecular flexibility index (Phi) is 17.3. The Bertz CT molecular complexity index is 2850. The summed E-state index contributed by atoms with van der Waals surface area (Å²) in [6, 6.07) is 52.7. The number of esters is 2. The molecule has 11 heteroatoms. The van der Waals surface area contributed by atoms with E-state index in [0.717, 1.165) is 45.0 Å². The summed E-state index contributed by atoms with van der Waals surface area (Å²) in [6.45, 7) is 0. The molecular formula is C54H51IN2O8. The minimum Gasteiger partial charge on any atom is -0.469 e. The van der Waals surface area contributed by atoms with Gasteiger partial charge in [0.15, 0.2) is 0 Å². The molecule has 0 bridgehead atoms. The molecule has 0 aliphatic heterocycles. The van der Waals surface area contributed by atoms with Crippen LogP contribution in [-0.4, -0.2) is 66.1 Å². The zero-order valence-electron chi connectivity index (χ0n) is 36.8. The summed E-state index contributed by atoms with van der Waals surface area (Å²) >= 11 is 2.42. The number of hydrogen-bond donors (Lipinski definition) is 0. The van der Waals surface area contributed by atoms with Crippen LogP contribution in [-0.2, 0) is 47.8 Å².